The second kappa shape index (κ2) is 12.7. The molecular formula is C20H36O2. The van der Waals surface area contributed by atoms with Gasteiger partial charge in [-0.25, -0.2) is 0 Å². The van der Waals surface area contributed by atoms with Gasteiger partial charge in [0.1, 0.15) is 0 Å². The van der Waals surface area contributed by atoms with Crippen molar-refractivity contribution in [3.8, 4) is 0 Å². The van der Waals surface area contributed by atoms with Gasteiger partial charge in [0.25, 0.3) is 0 Å². The van der Waals surface area contributed by atoms with E-state index in [2.05, 4.69) is 19.1 Å². The fraction of sp³-hybridized carbons (Fsp3) is 0.850. The lowest BCUT2D eigenvalue weighted by Gasteiger charge is -2.22. The minimum absolute atomic E-state index is 0.340. The van der Waals surface area contributed by atoms with E-state index in [9.17, 15) is 4.79 Å². The molecule has 0 aromatic carbocycles. The molecule has 0 aliphatic heterocycles. The number of hydrogen-bond acceptors (Lipinski definition) is 1. The maximum atomic E-state index is 10.4. The number of hydrogen-bond donors (Lipinski definition) is 1. The SMILES string of the molecule is CCCCCC1C=CC(CCCCCCCCC(=O)O)CC1. The molecule has 0 amide bonds. The maximum absolute atomic E-state index is 10.4. The van der Waals surface area contributed by atoms with Gasteiger partial charge in [-0.05, 0) is 43.9 Å². The molecule has 0 radical (unpaired) electrons. The molecule has 1 N–H and O–H groups in total. The van der Waals surface area contributed by atoms with E-state index < -0.39 is 5.97 Å². The van der Waals surface area contributed by atoms with Crippen molar-refractivity contribution in [2.75, 3.05) is 0 Å². The summed E-state index contributed by atoms with van der Waals surface area (Å²) >= 11 is 0. The molecule has 0 aromatic rings. The van der Waals surface area contributed by atoms with Gasteiger partial charge in [0.2, 0.25) is 0 Å². The van der Waals surface area contributed by atoms with Crippen molar-refractivity contribution in [3.05, 3.63) is 12.2 Å². The molecule has 2 nitrogen and oxygen atoms in total. The minimum atomic E-state index is -0.655. The number of carbonyl (C=O) groups is 1. The van der Waals surface area contributed by atoms with Crippen molar-refractivity contribution in [3.63, 3.8) is 0 Å². The Bertz CT molecular complexity index is 309. The zero-order valence-electron chi connectivity index (χ0n) is 14.6. The van der Waals surface area contributed by atoms with Crippen molar-refractivity contribution < 1.29 is 9.90 Å². The lowest BCUT2D eigenvalue weighted by atomic mass is 9.83. The molecule has 2 atom stereocenters. The quantitative estimate of drug-likeness (QED) is 0.318. The third-order valence-corrected chi connectivity index (χ3v) is 4.96. The molecule has 1 aliphatic carbocycles. The van der Waals surface area contributed by atoms with E-state index in [1.807, 2.05) is 0 Å². The summed E-state index contributed by atoms with van der Waals surface area (Å²) in [6, 6.07) is 0. The average molecular weight is 309 g/mol. The van der Waals surface area contributed by atoms with Crippen LogP contribution in [0.25, 0.3) is 0 Å². The van der Waals surface area contributed by atoms with Gasteiger partial charge in [-0.15, -0.1) is 0 Å². The first-order chi connectivity index (χ1) is 10.7. The maximum Gasteiger partial charge on any atom is 0.303 e. The van der Waals surface area contributed by atoms with Gasteiger partial charge < -0.3 is 5.11 Å². The summed E-state index contributed by atoms with van der Waals surface area (Å²) in [5, 5.41) is 8.57. The van der Waals surface area contributed by atoms with Crippen LogP contribution in [0.4, 0.5) is 0 Å². The number of carboxylic acid groups (broad SMARTS) is 1. The third-order valence-electron chi connectivity index (χ3n) is 4.96. The van der Waals surface area contributed by atoms with E-state index in [-0.39, 0.29) is 0 Å². The molecule has 2 heteroatoms. The van der Waals surface area contributed by atoms with Crippen molar-refractivity contribution >= 4 is 5.97 Å². The number of aliphatic carboxylic acids is 1. The van der Waals surface area contributed by atoms with Crippen molar-refractivity contribution in [2.24, 2.45) is 11.8 Å². The molecule has 128 valence electrons. The second-order valence-electron chi connectivity index (χ2n) is 7.03. The Balaban J connectivity index is 1.93. The summed E-state index contributed by atoms with van der Waals surface area (Å²) in [7, 11) is 0. The van der Waals surface area contributed by atoms with Gasteiger partial charge in [-0.2, -0.15) is 0 Å². The molecule has 1 rings (SSSR count). The van der Waals surface area contributed by atoms with Gasteiger partial charge in [0.05, 0.1) is 0 Å². The Morgan fingerprint density at radius 3 is 1.86 bits per heavy atom. The molecule has 0 bridgehead atoms. The highest BCUT2D eigenvalue weighted by molar-refractivity contribution is 5.66. The van der Waals surface area contributed by atoms with Crippen molar-refractivity contribution in [1.29, 1.82) is 0 Å². The summed E-state index contributed by atoms with van der Waals surface area (Å²) < 4.78 is 0. The van der Waals surface area contributed by atoms with E-state index in [1.165, 1.54) is 70.6 Å². The summed E-state index contributed by atoms with van der Waals surface area (Å²) in [5.74, 6) is 1.03. The van der Waals surface area contributed by atoms with E-state index >= 15 is 0 Å². The van der Waals surface area contributed by atoms with Crippen LogP contribution in [0.15, 0.2) is 12.2 Å². The van der Waals surface area contributed by atoms with Gasteiger partial charge in [-0.1, -0.05) is 70.4 Å². The first kappa shape index (κ1) is 19.3. The van der Waals surface area contributed by atoms with E-state index in [0.717, 1.165) is 24.7 Å². The van der Waals surface area contributed by atoms with E-state index in [1.54, 1.807) is 0 Å². The number of allylic oxidation sites excluding steroid dienone is 2. The molecule has 2 unspecified atom stereocenters. The first-order valence-electron chi connectivity index (χ1n) is 9.62. The molecule has 0 saturated heterocycles. The van der Waals surface area contributed by atoms with Crippen molar-refractivity contribution in [2.45, 2.75) is 96.8 Å². The van der Waals surface area contributed by atoms with Crippen LogP contribution in [-0.2, 0) is 4.79 Å². The topological polar surface area (TPSA) is 37.3 Å². The Morgan fingerprint density at radius 2 is 1.36 bits per heavy atom. The average Bonchev–Trinajstić information content (AvgIpc) is 2.51. The number of rotatable bonds is 13. The van der Waals surface area contributed by atoms with Crippen LogP contribution >= 0.6 is 0 Å². The smallest absolute Gasteiger partial charge is 0.303 e. The highest BCUT2D eigenvalue weighted by Crippen LogP contribution is 2.29. The van der Waals surface area contributed by atoms with Crippen LogP contribution in [-0.4, -0.2) is 11.1 Å². The first-order valence-corrected chi connectivity index (χ1v) is 9.62. The molecule has 1 aliphatic rings. The van der Waals surface area contributed by atoms with Gasteiger partial charge >= 0.3 is 5.97 Å². The van der Waals surface area contributed by atoms with Gasteiger partial charge in [0.15, 0.2) is 0 Å². The Kier molecular flexibility index (Phi) is 11.1. The van der Waals surface area contributed by atoms with Crippen molar-refractivity contribution in [1.82, 2.24) is 0 Å². The zero-order valence-corrected chi connectivity index (χ0v) is 14.6. The predicted molar refractivity (Wildman–Crippen MR) is 94.1 cm³/mol. The largest absolute Gasteiger partial charge is 0.481 e. The molecule has 0 fully saturated rings. The summed E-state index contributed by atoms with van der Waals surface area (Å²) in [6.45, 7) is 2.28. The molecule has 0 spiro atoms. The van der Waals surface area contributed by atoms with Crippen LogP contribution in [0.3, 0.4) is 0 Å². The Morgan fingerprint density at radius 1 is 0.864 bits per heavy atom. The van der Waals surface area contributed by atoms with E-state index in [0.29, 0.717) is 6.42 Å². The number of unbranched alkanes of at least 4 members (excludes halogenated alkanes) is 7. The molecule has 0 saturated carbocycles. The summed E-state index contributed by atoms with van der Waals surface area (Å²) in [4.78, 5) is 10.4. The highest BCUT2D eigenvalue weighted by atomic mass is 16.4. The Hall–Kier alpha value is -0.790. The molecule has 22 heavy (non-hydrogen) atoms. The lowest BCUT2D eigenvalue weighted by molar-refractivity contribution is -0.137. The third kappa shape index (κ3) is 10.0. The fourth-order valence-electron chi connectivity index (χ4n) is 3.46. The van der Waals surface area contributed by atoms with Crippen LogP contribution in [0, 0.1) is 11.8 Å². The predicted octanol–water partition coefficient (Wildman–Crippen LogP) is 6.35. The molecule has 0 aromatic heterocycles. The standard InChI is InChI=1S/C20H36O2/c1-2-3-8-11-18-14-16-19(17-15-18)12-9-6-4-5-7-10-13-20(21)22/h14,16,18-19H,2-13,15,17H2,1H3,(H,21,22). The Labute approximate surface area is 137 Å². The lowest BCUT2D eigenvalue weighted by Crippen LogP contribution is -2.08. The van der Waals surface area contributed by atoms with Crippen LogP contribution in [0.2, 0.25) is 0 Å². The summed E-state index contributed by atoms with van der Waals surface area (Å²) in [6.07, 6.45) is 22.1. The molecule has 0 heterocycles. The monoisotopic (exact) mass is 308 g/mol. The zero-order chi connectivity index (χ0) is 16.0. The van der Waals surface area contributed by atoms with Gasteiger partial charge in [0, 0.05) is 6.42 Å². The molecular weight excluding hydrogens is 272 g/mol. The van der Waals surface area contributed by atoms with E-state index in [4.69, 9.17) is 5.11 Å². The number of carboxylic acids is 1. The highest BCUT2D eigenvalue weighted by Gasteiger charge is 2.14. The fourth-order valence-corrected chi connectivity index (χ4v) is 3.46. The second-order valence-corrected chi connectivity index (χ2v) is 7.03. The van der Waals surface area contributed by atoms with Gasteiger partial charge in [-0.3, -0.25) is 4.79 Å². The van der Waals surface area contributed by atoms with Crippen LogP contribution in [0.5, 0.6) is 0 Å². The normalized spacial score (nSPS) is 21.1. The van der Waals surface area contributed by atoms with Crippen LogP contribution < -0.4 is 0 Å². The minimum Gasteiger partial charge on any atom is -0.481 e. The van der Waals surface area contributed by atoms with Crippen LogP contribution in [0.1, 0.15) is 96.8 Å². The summed E-state index contributed by atoms with van der Waals surface area (Å²) in [5.41, 5.74) is 0.